The molecule has 7 nitrogen and oxygen atoms in total. The first-order chi connectivity index (χ1) is 12.6. The largest absolute Gasteiger partial charge is 0.496 e. The topological polar surface area (TPSA) is 98.7 Å². The van der Waals surface area contributed by atoms with E-state index in [1.54, 1.807) is 35.0 Å². The fourth-order valence-corrected chi connectivity index (χ4v) is 2.73. The molecule has 0 aliphatic heterocycles. The van der Waals surface area contributed by atoms with Crippen molar-refractivity contribution in [2.24, 2.45) is 10.8 Å². The van der Waals surface area contributed by atoms with Crippen LogP contribution >= 0.6 is 0 Å². The van der Waals surface area contributed by atoms with Gasteiger partial charge in [0.2, 0.25) is 5.91 Å². The monoisotopic (exact) mass is 350 g/mol. The Morgan fingerprint density at radius 1 is 1.19 bits per heavy atom. The maximum atomic E-state index is 12.3. The van der Waals surface area contributed by atoms with Gasteiger partial charge in [-0.25, -0.2) is 5.43 Å². The first-order valence-electron chi connectivity index (χ1n) is 7.92. The van der Waals surface area contributed by atoms with Crippen LogP contribution in [-0.4, -0.2) is 29.7 Å². The van der Waals surface area contributed by atoms with E-state index in [1.165, 1.54) is 13.3 Å². The molecule has 0 radical (unpaired) electrons. The van der Waals surface area contributed by atoms with Gasteiger partial charge in [0.05, 0.1) is 18.9 Å². The van der Waals surface area contributed by atoms with E-state index < -0.39 is 5.91 Å². The van der Waals surface area contributed by atoms with Crippen molar-refractivity contribution < 1.29 is 14.3 Å². The molecule has 0 aliphatic carbocycles. The van der Waals surface area contributed by atoms with E-state index in [0.29, 0.717) is 11.3 Å². The van der Waals surface area contributed by atoms with E-state index in [9.17, 15) is 9.59 Å². The number of primary amides is 1. The van der Waals surface area contributed by atoms with Crippen LogP contribution in [0.4, 0.5) is 0 Å². The van der Waals surface area contributed by atoms with Gasteiger partial charge in [0, 0.05) is 22.7 Å². The van der Waals surface area contributed by atoms with Gasteiger partial charge < -0.3 is 15.0 Å². The molecule has 0 fully saturated rings. The Morgan fingerprint density at radius 2 is 1.92 bits per heavy atom. The number of carbonyl (C=O) groups is 2. The number of aromatic nitrogens is 1. The van der Waals surface area contributed by atoms with Crippen LogP contribution in [0, 0.1) is 0 Å². The van der Waals surface area contributed by atoms with Gasteiger partial charge in [0.25, 0.3) is 5.91 Å². The van der Waals surface area contributed by atoms with Crippen molar-refractivity contribution in [2.45, 2.75) is 6.54 Å². The number of nitrogens with zero attached hydrogens (tertiary/aromatic N) is 2. The van der Waals surface area contributed by atoms with Crippen LogP contribution in [0.1, 0.15) is 15.9 Å². The second-order valence-electron chi connectivity index (χ2n) is 5.60. The van der Waals surface area contributed by atoms with E-state index in [2.05, 4.69) is 10.5 Å². The van der Waals surface area contributed by atoms with Crippen LogP contribution in [0.3, 0.4) is 0 Å². The average molecular weight is 350 g/mol. The van der Waals surface area contributed by atoms with Crippen molar-refractivity contribution in [3.05, 3.63) is 65.9 Å². The summed E-state index contributed by atoms with van der Waals surface area (Å²) in [7, 11) is 1.50. The zero-order valence-corrected chi connectivity index (χ0v) is 14.2. The molecule has 2 aromatic carbocycles. The van der Waals surface area contributed by atoms with Crippen LogP contribution in [-0.2, 0) is 11.3 Å². The molecular formula is C19H18N4O3. The molecule has 0 atom stereocenters. The molecule has 3 aromatic rings. The first kappa shape index (κ1) is 17.2. The summed E-state index contributed by atoms with van der Waals surface area (Å²) in [6.07, 6.45) is 3.31. The number of nitrogens with two attached hydrogens (primary N) is 1. The summed E-state index contributed by atoms with van der Waals surface area (Å²) in [6.45, 7) is 0.0714. The number of benzene rings is 2. The number of hydrazone groups is 1. The molecule has 1 heterocycles. The van der Waals surface area contributed by atoms with Gasteiger partial charge in [-0.15, -0.1) is 0 Å². The fraction of sp³-hybridized carbons (Fsp3) is 0.105. The lowest BCUT2D eigenvalue weighted by Gasteiger charge is -2.05. The lowest BCUT2D eigenvalue weighted by Crippen LogP contribution is -2.18. The molecule has 3 rings (SSSR count). The molecule has 0 unspecified atom stereocenters. The molecule has 2 amide bonds. The van der Waals surface area contributed by atoms with Gasteiger partial charge >= 0.3 is 0 Å². The summed E-state index contributed by atoms with van der Waals surface area (Å²) in [5.74, 6) is -0.337. The van der Waals surface area contributed by atoms with E-state index in [0.717, 1.165) is 16.5 Å². The maximum Gasteiger partial charge on any atom is 0.275 e. The Morgan fingerprint density at radius 3 is 2.69 bits per heavy atom. The third-order valence-electron chi connectivity index (χ3n) is 3.87. The number of nitrogens with one attached hydrogen (secondary N) is 1. The maximum absolute atomic E-state index is 12.3. The lowest BCUT2D eigenvalue weighted by atomic mass is 10.2. The quantitative estimate of drug-likeness (QED) is 0.525. The molecule has 0 aliphatic rings. The van der Waals surface area contributed by atoms with Crippen LogP contribution in [0.25, 0.3) is 10.9 Å². The average Bonchev–Trinajstić information content (AvgIpc) is 2.99. The normalized spacial score (nSPS) is 11.0. The SMILES string of the molecule is COc1ccccc1C(=O)N/N=C/c1cn(CC(N)=O)c2ccccc12. The highest BCUT2D eigenvalue weighted by Gasteiger charge is 2.11. The van der Waals surface area contributed by atoms with Crippen LogP contribution < -0.4 is 15.9 Å². The van der Waals surface area contributed by atoms with E-state index in [1.807, 2.05) is 24.3 Å². The lowest BCUT2D eigenvalue weighted by molar-refractivity contribution is -0.118. The van der Waals surface area contributed by atoms with Crippen LogP contribution in [0.5, 0.6) is 5.75 Å². The number of amides is 2. The summed E-state index contributed by atoms with van der Waals surface area (Å²) >= 11 is 0. The molecule has 0 spiro atoms. The molecule has 132 valence electrons. The number of hydrogen-bond acceptors (Lipinski definition) is 4. The molecular weight excluding hydrogens is 332 g/mol. The Balaban J connectivity index is 1.82. The highest BCUT2D eigenvalue weighted by molar-refractivity contribution is 6.01. The van der Waals surface area contributed by atoms with Gasteiger partial charge in [0.1, 0.15) is 12.3 Å². The minimum absolute atomic E-state index is 0.0714. The van der Waals surface area contributed by atoms with Crippen molar-refractivity contribution in [1.82, 2.24) is 9.99 Å². The predicted molar refractivity (Wildman–Crippen MR) is 99.2 cm³/mol. The van der Waals surface area contributed by atoms with Gasteiger partial charge in [-0.1, -0.05) is 30.3 Å². The van der Waals surface area contributed by atoms with Crippen molar-refractivity contribution in [3.8, 4) is 5.75 Å². The summed E-state index contributed by atoms with van der Waals surface area (Å²) in [6, 6.07) is 14.5. The third-order valence-corrected chi connectivity index (χ3v) is 3.87. The number of fused-ring (bicyclic) bond motifs is 1. The second-order valence-corrected chi connectivity index (χ2v) is 5.60. The minimum atomic E-state index is -0.432. The summed E-state index contributed by atoms with van der Waals surface area (Å²) in [4.78, 5) is 23.5. The number of hydrogen-bond donors (Lipinski definition) is 2. The smallest absolute Gasteiger partial charge is 0.275 e. The van der Waals surface area contributed by atoms with Gasteiger partial charge in [-0.3, -0.25) is 9.59 Å². The van der Waals surface area contributed by atoms with E-state index >= 15 is 0 Å². The van der Waals surface area contributed by atoms with Crippen molar-refractivity contribution in [1.29, 1.82) is 0 Å². The number of ether oxygens (including phenoxy) is 1. The van der Waals surface area contributed by atoms with Gasteiger partial charge in [-0.2, -0.15) is 5.10 Å². The Hall–Kier alpha value is -3.61. The highest BCUT2D eigenvalue weighted by Crippen LogP contribution is 2.20. The zero-order valence-electron chi connectivity index (χ0n) is 14.2. The van der Waals surface area contributed by atoms with E-state index in [-0.39, 0.29) is 12.5 Å². The first-order valence-corrected chi connectivity index (χ1v) is 7.92. The fourth-order valence-electron chi connectivity index (χ4n) is 2.73. The predicted octanol–water partition coefficient (Wildman–Crippen LogP) is 1.90. The van der Waals surface area contributed by atoms with E-state index in [4.69, 9.17) is 10.5 Å². The Labute approximate surface area is 150 Å². The minimum Gasteiger partial charge on any atom is -0.496 e. The van der Waals surface area contributed by atoms with Gasteiger partial charge in [0.15, 0.2) is 0 Å². The summed E-state index contributed by atoms with van der Waals surface area (Å²) in [5, 5.41) is 4.93. The second kappa shape index (κ2) is 7.52. The van der Waals surface area contributed by atoms with Gasteiger partial charge in [-0.05, 0) is 18.2 Å². The number of methoxy groups -OCH3 is 1. The Bertz CT molecular complexity index is 991. The molecule has 0 saturated carbocycles. The molecule has 0 saturated heterocycles. The summed E-state index contributed by atoms with van der Waals surface area (Å²) < 4.78 is 6.92. The molecule has 1 aromatic heterocycles. The molecule has 26 heavy (non-hydrogen) atoms. The number of rotatable bonds is 6. The third kappa shape index (κ3) is 3.56. The number of carbonyl (C=O) groups excluding carboxylic acids is 2. The van der Waals surface area contributed by atoms with Crippen molar-refractivity contribution >= 4 is 28.9 Å². The highest BCUT2D eigenvalue weighted by atomic mass is 16.5. The molecule has 3 N–H and O–H groups in total. The van der Waals surface area contributed by atoms with Crippen LogP contribution in [0.2, 0.25) is 0 Å². The van der Waals surface area contributed by atoms with Crippen LogP contribution in [0.15, 0.2) is 59.8 Å². The zero-order chi connectivity index (χ0) is 18.5. The molecule has 0 bridgehead atoms. The van der Waals surface area contributed by atoms with Crippen molar-refractivity contribution in [3.63, 3.8) is 0 Å². The molecule has 7 heteroatoms. The summed E-state index contributed by atoms with van der Waals surface area (Å²) in [5.41, 5.74) is 9.80. The number of para-hydroxylation sites is 2. The Kier molecular flexibility index (Phi) is 4.98. The standard InChI is InChI=1S/C19H18N4O3/c1-26-17-9-5-3-7-15(17)19(25)22-21-10-13-11-23(12-18(20)24)16-8-4-2-6-14(13)16/h2-11H,12H2,1H3,(H2,20,24)(H,22,25)/b21-10+. The van der Waals surface area contributed by atoms with Crippen molar-refractivity contribution in [2.75, 3.05) is 7.11 Å².